The van der Waals surface area contributed by atoms with Crippen LogP contribution in [0, 0.1) is 12.8 Å². The van der Waals surface area contributed by atoms with Gasteiger partial charge in [0.15, 0.2) is 0 Å². The molecule has 1 amide bonds. The molecular formula is C16H23N3O3S. The maximum Gasteiger partial charge on any atom is 0.309 e. The molecule has 0 spiro atoms. The Morgan fingerprint density at radius 1 is 1.22 bits per heavy atom. The maximum atomic E-state index is 12.7. The van der Waals surface area contributed by atoms with E-state index in [4.69, 9.17) is 0 Å². The molecule has 0 aliphatic carbocycles. The van der Waals surface area contributed by atoms with Crippen LogP contribution >= 0.6 is 11.3 Å². The molecule has 2 saturated heterocycles. The number of hydrogen-bond donors (Lipinski definition) is 1. The van der Waals surface area contributed by atoms with Gasteiger partial charge in [-0.1, -0.05) is 0 Å². The minimum absolute atomic E-state index is 0.110. The summed E-state index contributed by atoms with van der Waals surface area (Å²) in [5.41, 5.74) is 1.03. The average Bonchev–Trinajstić information content (AvgIpc) is 2.84. The highest BCUT2D eigenvalue weighted by Crippen LogP contribution is 2.22. The van der Waals surface area contributed by atoms with Crippen LogP contribution in [-0.2, 0) is 4.79 Å². The van der Waals surface area contributed by atoms with Crippen LogP contribution in [0.1, 0.15) is 15.2 Å². The Balaban J connectivity index is 1.71. The predicted octanol–water partition coefficient (Wildman–Crippen LogP) is 0.829. The molecule has 0 saturated carbocycles. The van der Waals surface area contributed by atoms with Gasteiger partial charge in [-0.15, -0.1) is 11.3 Å². The Morgan fingerprint density at radius 2 is 2.00 bits per heavy atom. The van der Waals surface area contributed by atoms with Crippen molar-refractivity contribution in [2.45, 2.75) is 13.0 Å². The summed E-state index contributed by atoms with van der Waals surface area (Å²) in [5, 5.41) is 11.3. The van der Waals surface area contributed by atoms with Crippen molar-refractivity contribution in [3.63, 3.8) is 0 Å². The second-order valence-electron chi connectivity index (χ2n) is 6.59. The van der Waals surface area contributed by atoms with Crippen LogP contribution in [0.15, 0.2) is 11.4 Å². The van der Waals surface area contributed by atoms with Crippen molar-refractivity contribution >= 4 is 23.2 Å². The summed E-state index contributed by atoms with van der Waals surface area (Å²) in [4.78, 5) is 31.2. The van der Waals surface area contributed by atoms with Crippen LogP contribution in [0.3, 0.4) is 0 Å². The van der Waals surface area contributed by atoms with Crippen molar-refractivity contribution in [1.82, 2.24) is 14.7 Å². The van der Waals surface area contributed by atoms with Crippen LogP contribution in [0.4, 0.5) is 0 Å². The summed E-state index contributed by atoms with van der Waals surface area (Å²) >= 11 is 1.50. The Labute approximate surface area is 140 Å². The number of likely N-dealkylation sites (N-methyl/N-ethyl adjacent to an activating group) is 1. The molecule has 3 rings (SSSR count). The van der Waals surface area contributed by atoms with Crippen LogP contribution in [0.5, 0.6) is 0 Å². The van der Waals surface area contributed by atoms with Crippen LogP contribution in [0.25, 0.3) is 0 Å². The van der Waals surface area contributed by atoms with E-state index in [0.29, 0.717) is 26.2 Å². The molecule has 7 heteroatoms. The van der Waals surface area contributed by atoms with Gasteiger partial charge in [-0.2, -0.15) is 0 Å². The highest BCUT2D eigenvalue weighted by Gasteiger charge is 2.36. The number of aryl methyl sites for hydroxylation is 1. The lowest BCUT2D eigenvalue weighted by Crippen LogP contribution is -2.57. The number of rotatable bonds is 2. The molecule has 2 fully saturated rings. The van der Waals surface area contributed by atoms with E-state index in [1.165, 1.54) is 11.3 Å². The molecule has 1 aromatic heterocycles. The lowest BCUT2D eigenvalue weighted by Gasteiger charge is -2.41. The number of fused-ring (bicyclic) bond motifs is 1. The van der Waals surface area contributed by atoms with Gasteiger partial charge in [0.2, 0.25) is 0 Å². The van der Waals surface area contributed by atoms with E-state index < -0.39 is 5.97 Å². The lowest BCUT2D eigenvalue weighted by atomic mass is 10.1. The number of carboxylic acid groups (broad SMARTS) is 1. The molecule has 23 heavy (non-hydrogen) atoms. The molecular weight excluding hydrogens is 314 g/mol. The summed E-state index contributed by atoms with van der Waals surface area (Å²) in [6.45, 7) is 6.01. The highest BCUT2D eigenvalue weighted by molar-refractivity contribution is 7.12. The van der Waals surface area contributed by atoms with Crippen molar-refractivity contribution in [2.75, 3.05) is 46.3 Å². The fraction of sp³-hybridized carbons (Fsp3) is 0.625. The van der Waals surface area contributed by atoms with Crippen molar-refractivity contribution < 1.29 is 14.7 Å². The number of carbonyl (C=O) groups is 2. The number of piperazine rings is 1. The number of hydrogen-bond acceptors (Lipinski definition) is 5. The van der Waals surface area contributed by atoms with Gasteiger partial charge in [-0.25, -0.2) is 0 Å². The standard InChI is InChI=1S/C16H23N3O3S/c1-11-3-6-23-14(11)15(20)19-5-4-18-8-12(16(21)22)7-17(2)9-13(18)10-19/h3,6,12-13H,4-5,7-10H2,1-2H3,(H,21,22)/t12-,13+/m1/s1. The zero-order valence-corrected chi connectivity index (χ0v) is 14.4. The van der Waals surface area contributed by atoms with Gasteiger partial charge in [-0.3, -0.25) is 14.5 Å². The summed E-state index contributed by atoms with van der Waals surface area (Å²) in [6.07, 6.45) is 0. The van der Waals surface area contributed by atoms with E-state index in [0.717, 1.165) is 23.5 Å². The minimum Gasteiger partial charge on any atom is -0.481 e. The van der Waals surface area contributed by atoms with Gasteiger partial charge in [0.1, 0.15) is 0 Å². The third kappa shape index (κ3) is 3.41. The van der Waals surface area contributed by atoms with Crippen molar-refractivity contribution in [2.24, 2.45) is 5.92 Å². The number of carbonyl (C=O) groups excluding carboxylic acids is 1. The van der Waals surface area contributed by atoms with Gasteiger partial charge in [0, 0.05) is 45.3 Å². The van der Waals surface area contributed by atoms with Crippen molar-refractivity contribution in [1.29, 1.82) is 0 Å². The van der Waals surface area contributed by atoms with E-state index in [2.05, 4.69) is 9.80 Å². The molecule has 2 atom stereocenters. The van der Waals surface area contributed by atoms with Gasteiger partial charge in [0.25, 0.3) is 5.91 Å². The molecule has 6 nitrogen and oxygen atoms in total. The number of carboxylic acids is 1. The topological polar surface area (TPSA) is 64.1 Å². The molecule has 3 heterocycles. The summed E-state index contributed by atoms with van der Waals surface area (Å²) in [5.74, 6) is -0.976. The largest absolute Gasteiger partial charge is 0.481 e. The third-order valence-corrected chi connectivity index (χ3v) is 5.81. The minimum atomic E-state index is -0.731. The smallest absolute Gasteiger partial charge is 0.309 e. The normalized spacial score (nSPS) is 26.6. The fourth-order valence-corrected chi connectivity index (χ4v) is 4.43. The zero-order chi connectivity index (χ0) is 16.6. The van der Waals surface area contributed by atoms with E-state index >= 15 is 0 Å². The van der Waals surface area contributed by atoms with Crippen LogP contribution in [-0.4, -0.2) is 84.0 Å². The molecule has 2 aliphatic heterocycles. The SMILES string of the molecule is Cc1ccsc1C(=O)N1CCN2C[C@H](C(=O)O)CN(C)C[C@H]2C1. The van der Waals surface area contributed by atoms with Gasteiger partial charge in [0.05, 0.1) is 10.8 Å². The van der Waals surface area contributed by atoms with Gasteiger partial charge in [-0.05, 0) is 31.0 Å². The van der Waals surface area contributed by atoms with Gasteiger partial charge >= 0.3 is 5.97 Å². The number of nitrogens with zero attached hydrogens (tertiary/aromatic N) is 3. The molecule has 1 aromatic rings. The van der Waals surface area contributed by atoms with E-state index in [1.54, 1.807) is 0 Å². The fourth-order valence-electron chi connectivity index (χ4n) is 3.53. The first-order valence-electron chi connectivity index (χ1n) is 7.94. The summed E-state index contributed by atoms with van der Waals surface area (Å²) in [7, 11) is 1.96. The molecule has 126 valence electrons. The van der Waals surface area contributed by atoms with E-state index in [-0.39, 0.29) is 17.9 Å². The second-order valence-corrected chi connectivity index (χ2v) is 7.51. The quantitative estimate of drug-likeness (QED) is 0.866. The maximum absolute atomic E-state index is 12.7. The first kappa shape index (κ1) is 16.4. The second kappa shape index (κ2) is 6.59. The molecule has 0 aromatic carbocycles. The monoisotopic (exact) mass is 337 g/mol. The van der Waals surface area contributed by atoms with Gasteiger partial charge < -0.3 is 14.9 Å². The lowest BCUT2D eigenvalue weighted by molar-refractivity contribution is -0.142. The molecule has 0 bridgehead atoms. The average molecular weight is 337 g/mol. The van der Waals surface area contributed by atoms with Crippen molar-refractivity contribution in [3.05, 3.63) is 21.9 Å². The number of aliphatic carboxylic acids is 1. The molecule has 0 unspecified atom stereocenters. The van der Waals surface area contributed by atoms with E-state index in [1.807, 2.05) is 30.3 Å². The number of amides is 1. The Kier molecular flexibility index (Phi) is 4.70. The summed E-state index contributed by atoms with van der Waals surface area (Å²) < 4.78 is 0. The predicted molar refractivity (Wildman–Crippen MR) is 88.9 cm³/mol. The number of thiophene rings is 1. The Bertz CT molecular complexity index is 603. The molecule has 1 N–H and O–H groups in total. The first-order valence-corrected chi connectivity index (χ1v) is 8.82. The molecule has 0 radical (unpaired) electrons. The van der Waals surface area contributed by atoms with Crippen LogP contribution < -0.4 is 0 Å². The Hall–Kier alpha value is -1.44. The van der Waals surface area contributed by atoms with Crippen LogP contribution in [0.2, 0.25) is 0 Å². The Morgan fingerprint density at radius 3 is 2.65 bits per heavy atom. The third-order valence-electron chi connectivity index (χ3n) is 4.81. The molecule has 2 aliphatic rings. The highest BCUT2D eigenvalue weighted by atomic mass is 32.1. The zero-order valence-electron chi connectivity index (χ0n) is 13.6. The van der Waals surface area contributed by atoms with Crippen molar-refractivity contribution in [3.8, 4) is 0 Å². The first-order chi connectivity index (χ1) is 11.0. The summed E-state index contributed by atoms with van der Waals surface area (Å²) in [6, 6.07) is 2.19. The van der Waals surface area contributed by atoms with E-state index in [9.17, 15) is 14.7 Å².